The number of likely N-dealkylation sites (tertiary alicyclic amines) is 1. The number of hydrogen-bond donors (Lipinski definition) is 2. The van der Waals surface area contributed by atoms with Gasteiger partial charge >= 0.3 is 0 Å². The number of benzene rings is 1. The van der Waals surface area contributed by atoms with Gasteiger partial charge in [-0.05, 0) is 56.6 Å². The molecule has 4 rings (SSSR count). The van der Waals surface area contributed by atoms with Crippen molar-refractivity contribution in [3.05, 3.63) is 63.6 Å². The van der Waals surface area contributed by atoms with Crippen LogP contribution in [0.3, 0.4) is 0 Å². The zero-order valence-corrected chi connectivity index (χ0v) is 16.8. The predicted octanol–water partition coefficient (Wildman–Crippen LogP) is 3.18. The van der Waals surface area contributed by atoms with Crippen molar-refractivity contribution >= 4 is 5.95 Å². The van der Waals surface area contributed by atoms with Crippen LogP contribution in [0.2, 0.25) is 0 Å². The van der Waals surface area contributed by atoms with E-state index in [9.17, 15) is 4.79 Å². The number of rotatable bonds is 7. The Labute approximate surface area is 170 Å². The highest BCUT2D eigenvalue weighted by Gasteiger charge is 2.19. The minimum Gasteiger partial charge on any atom is -0.467 e. The lowest BCUT2D eigenvalue weighted by atomic mass is 10.1. The SMILES string of the molecule is C/C=C\C(Nc1nc2c(c(=O)[nH]1)COC2)Oc1cccc(CN2CCCCC2)c1. The molecular formula is C22H28N4O3. The summed E-state index contributed by atoms with van der Waals surface area (Å²) in [6, 6.07) is 8.19. The molecule has 1 aromatic heterocycles. The molecule has 0 radical (unpaired) electrons. The number of nitrogens with zero attached hydrogens (tertiary/aromatic N) is 2. The number of fused-ring (bicyclic) bond motifs is 1. The Balaban J connectivity index is 1.45. The highest BCUT2D eigenvalue weighted by Crippen LogP contribution is 2.20. The summed E-state index contributed by atoms with van der Waals surface area (Å²) < 4.78 is 11.5. The van der Waals surface area contributed by atoms with Gasteiger partial charge in [0.05, 0.1) is 24.5 Å². The standard InChI is InChI=1S/C22H28N4O3/c1-2-7-20(24-22-23-19-15-28-14-18(19)21(27)25-22)29-17-9-6-8-16(12-17)13-26-10-4-3-5-11-26/h2,6-9,12,20H,3-5,10-11,13-15H2,1H3,(H2,23,24,25,27)/b7-2-. The van der Waals surface area contributed by atoms with Crippen LogP contribution in [-0.4, -0.2) is 34.2 Å². The highest BCUT2D eigenvalue weighted by atomic mass is 16.5. The van der Waals surface area contributed by atoms with Crippen molar-refractivity contribution in [2.45, 2.75) is 52.2 Å². The zero-order chi connectivity index (χ0) is 20.1. The number of aromatic nitrogens is 2. The van der Waals surface area contributed by atoms with Gasteiger partial charge < -0.3 is 14.8 Å². The maximum absolute atomic E-state index is 12.2. The molecule has 2 aliphatic rings. The van der Waals surface area contributed by atoms with E-state index >= 15 is 0 Å². The Morgan fingerprint density at radius 1 is 1.31 bits per heavy atom. The van der Waals surface area contributed by atoms with Crippen molar-refractivity contribution in [3.8, 4) is 5.75 Å². The normalized spacial score (nSPS) is 18.0. The Morgan fingerprint density at radius 2 is 2.17 bits per heavy atom. The first-order chi connectivity index (χ1) is 14.2. The molecule has 0 aliphatic carbocycles. The second kappa shape index (κ2) is 9.24. The van der Waals surface area contributed by atoms with E-state index in [0.29, 0.717) is 30.4 Å². The molecule has 1 atom stereocenters. The van der Waals surface area contributed by atoms with E-state index in [4.69, 9.17) is 9.47 Å². The second-order valence-electron chi connectivity index (χ2n) is 7.53. The third-order valence-electron chi connectivity index (χ3n) is 5.25. The monoisotopic (exact) mass is 396 g/mol. The number of anilines is 1. The Morgan fingerprint density at radius 3 is 3.00 bits per heavy atom. The Hall–Kier alpha value is -2.64. The van der Waals surface area contributed by atoms with Gasteiger partial charge in [-0.25, -0.2) is 4.98 Å². The number of aromatic amines is 1. The van der Waals surface area contributed by atoms with E-state index in [2.05, 4.69) is 32.3 Å². The molecule has 1 unspecified atom stereocenters. The Kier molecular flexibility index (Phi) is 6.27. The number of allylic oxidation sites excluding steroid dienone is 1. The molecule has 7 nitrogen and oxygen atoms in total. The smallest absolute Gasteiger partial charge is 0.258 e. The van der Waals surface area contributed by atoms with Crippen molar-refractivity contribution in [1.82, 2.24) is 14.9 Å². The molecule has 0 spiro atoms. The van der Waals surface area contributed by atoms with Crippen LogP contribution >= 0.6 is 0 Å². The maximum atomic E-state index is 12.2. The summed E-state index contributed by atoms with van der Waals surface area (Å²) in [4.78, 5) is 21.9. The van der Waals surface area contributed by atoms with Crippen LogP contribution in [0.25, 0.3) is 0 Å². The molecule has 1 fully saturated rings. The number of piperidine rings is 1. The minimum atomic E-state index is -0.450. The van der Waals surface area contributed by atoms with Gasteiger partial charge in [0.1, 0.15) is 5.75 Å². The molecule has 154 valence electrons. The number of nitrogens with one attached hydrogen (secondary N) is 2. The summed E-state index contributed by atoms with van der Waals surface area (Å²) in [7, 11) is 0. The number of hydrogen-bond acceptors (Lipinski definition) is 6. The van der Waals surface area contributed by atoms with Gasteiger partial charge in [0.25, 0.3) is 5.56 Å². The van der Waals surface area contributed by atoms with Crippen LogP contribution < -0.4 is 15.6 Å². The van der Waals surface area contributed by atoms with E-state index < -0.39 is 6.23 Å². The molecule has 0 amide bonds. The first-order valence-electron chi connectivity index (χ1n) is 10.3. The van der Waals surface area contributed by atoms with Crippen molar-refractivity contribution < 1.29 is 9.47 Å². The van der Waals surface area contributed by atoms with Gasteiger partial charge in [-0.1, -0.05) is 24.6 Å². The topological polar surface area (TPSA) is 79.5 Å². The lowest BCUT2D eigenvalue weighted by Gasteiger charge is -2.26. The molecule has 0 saturated carbocycles. The van der Waals surface area contributed by atoms with Crippen molar-refractivity contribution in [2.75, 3.05) is 18.4 Å². The highest BCUT2D eigenvalue weighted by molar-refractivity contribution is 5.34. The van der Waals surface area contributed by atoms with Crippen LogP contribution in [0.5, 0.6) is 5.75 Å². The molecule has 1 aromatic carbocycles. The minimum absolute atomic E-state index is 0.169. The van der Waals surface area contributed by atoms with Crippen LogP contribution in [0.4, 0.5) is 5.95 Å². The molecule has 7 heteroatoms. The van der Waals surface area contributed by atoms with Crippen LogP contribution in [0.15, 0.2) is 41.2 Å². The fourth-order valence-corrected chi connectivity index (χ4v) is 3.80. The van der Waals surface area contributed by atoms with Gasteiger partial charge in [0, 0.05) is 6.54 Å². The van der Waals surface area contributed by atoms with E-state index in [1.54, 1.807) is 0 Å². The first-order valence-corrected chi connectivity index (χ1v) is 10.3. The fourth-order valence-electron chi connectivity index (χ4n) is 3.80. The van der Waals surface area contributed by atoms with Crippen LogP contribution in [0, 0.1) is 0 Å². The quantitative estimate of drug-likeness (QED) is 0.553. The van der Waals surface area contributed by atoms with Crippen molar-refractivity contribution in [3.63, 3.8) is 0 Å². The third-order valence-corrected chi connectivity index (χ3v) is 5.25. The second-order valence-corrected chi connectivity index (χ2v) is 7.53. The predicted molar refractivity (Wildman–Crippen MR) is 112 cm³/mol. The third kappa shape index (κ3) is 5.05. The van der Waals surface area contributed by atoms with Gasteiger partial charge in [0.15, 0.2) is 6.23 Å². The maximum Gasteiger partial charge on any atom is 0.258 e. The van der Waals surface area contributed by atoms with Crippen molar-refractivity contribution in [2.24, 2.45) is 0 Å². The van der Waals surface area contributed by atoms with Gasteiger partial charge in [-0.2, -0.15) is 0 Å². The van der Waals surface area contributed by atoms with Gasteiger partial charge in [-0.3, -0.25) is 14.7 Å². The van der Waals surface area contributed by atoms with E-state index in [1.807, 2.05) is 31.2 Å². The van der Waals surface area contributed by atoms with Crippen LogP contribution in [0.1, 0.15) is 43.0 Å². The molecule has 0 bridgehead atoms. The van der Waals surface area contributed by atoms with E-state index in [-0.39, 0.29) is 5.56 Å². The molecule has 2 aliphatic heterocycles. The molecule has 2 N–H and O–H groups in total. The summed E-state index contributed by atoms with van der Waals surface area (Å²) in [5, 5.41) is 3.16. The van der Waals surface area contributed by atoms with Gasteiger partial charge in [0.2, 0.25) is 5.95 Å². The van der Waals surface area contributed by atoms with Crippen molar-refractivity contribution in [1.29, 1.82) is 0 Å². The first kappa shape index (κ1) is 19.7. The lowest BCUT2D eigenvalue weighted by Crippen LogP contribution is -2.29. The van der Waals surface area contributed by atoms with E-state index in [1.165, 1.54) is 24.8 Å². The number of ether oxygens (including phenoxy) is 2. The Bertz CT molecular complexity index is 919. The van der Waals surface area contributed by atoms with E-state index in [0.717, 1.165) is 25.4 Å². The molecule has 2 aromatic rings. The largest absolute Gasteiger partial charge is 0.467 e. The average Bonchev–Trinajstić information content (AvgIpc) is 3.18. The molecule has 1 saturated heterocycles. The summed E-state index contributed by atoms with van der Waals surface area (Å²) in [6.45, 7) is 5.87. The zero-order valence-electron chi connectivity index (χ0n) is 16.8. The number of H-pyrrole nitrogens is 1. The summed E-state index contributed by atoms with van der Waals surface area (Å²) in [6.07, 6.45) is 7.24. The fraction of sp³-hybridized carbons (Fsp3) is 0.455. The lowest BCUT2D eigenvalue weighted by molar-refractivity contribution is 0.133. The molecule has 3 heterocycles. The van der Waals surface area contributed by atoms with Gasteiger partial charge in [-0.15, -0.1) is 0 Å². The summed E-state index contributed by atoms with van der Waals surface area (Å²) >= 11 is 0. The summed E-state index contributed by atoms with van der Waals surface area (Å²) in [5.74, 6) is 1.16. The summed E-state index contributed by atoms with van der Waals surface area (Å²) in [5.41, 5.74) is 2.35. The average molecular weight is 396 g/mol. The van der Waals surface area contributed by atoms with Crippen LogP contribution in [-0.2, 0) is 24.5 Å². The molecule has 29 heavy (non-hydrogen) atoms. The molecular weight excluding hydrogens is 368 g/mol.